The van der Waals surface area contributed by atoms with E-state index in [2.05, 4.69) is 4.98 Å². The van der Waals surface area contributed by atoms with Gasteiger partial charge in [0.25, 0.3) is 0 Å². The molecule has 2 atom stereocenters. The lowest BCUT2D eigenvalue weighted by Crippen LogP contribution is -2.13. The Morgan fingerprint density at radius 2 is 1.89 bits per heavy atom. The first-order valence-electron chi connectivity index (χ1n) is 10.9. The van der Waals surface area contributed by atoms with Crippen molar-refractivity contribution in [2.24, 2.45) is 0 Å². The van der Waals surface area contributed by atoms with E-state index in [0.717, 1.165) is 0 Å². The lowest BCUT2D eigenvalue weighted by molar-refractivity contribution is -0.140. The Morgan fingerprint density at radius 3 is 2.54 bits per heavy atom. The van der Waals surface area contributed by atoms with Gasteiger partial charge in [0.2, 0.25) is 0 Å². The normalized spacial score (nSPS) is 15.5. The molecule has 0 saturated heterocycles. The molecule has 0 radical (unpaired) electrons. The average molecular weight is 479 g/mol. The van der Waals surface area contributed by atoms with Crippen LogP contribution in [0.4, 0.5) is 0 Å². The van der Waals surface area contributed by atoms with Crippen LogP contribution in [0.25, 0.3) is 0 Å². The highest BCUT2D eigenvalue weighted by Gasteiger charge is 2.36. The van der Waals surface area contributed by atoms with Gasteiger partial charge in [-0.2, -0.15) is 0 Å². The van der Waals surface area contributed by atoms with Crippen LogP contribution >= 0.6 is 0 Å². The van der Waals surface area contributed by atoms with Crippen LogP contribution in [0, 0.1) is 6.92 Å². The zero-order valence-corrected chi connectivity index (χ0v) is 19.4. The SMILES string of the molecule is COC(=O)C[C@@H](c1cccc(O)c1)c1c(O)c(C(C)=O)cc([C@@H]2OCc3cnc(C)c(O)c32)c1O. The maximum atomic E-state index is 12.5. The molecule has 2 heterocycles. The van der Waals surface area contributed by atoms with Gasteiger partial charge in [0.1, 0.15) is 29.1 Å². The number of rotatable bonds is 6. The predicted octanol–water partition coefficient (Wildman–Crippen LogP) is 3.73. The van der Waals surface area contributed by atoms with Crippen molar-refractivity contribution in [3.05, 3.63) is 75.6 Å². The number of aromatic nitrogens is 1. The third-order valence-corrected chi connectivity index (χ3v) is 6.25. The minimum absolute atomic E-state index is 0.0831. The van der Waals surface area contributed by atoms with Crippen LogP contribution in [0.15, 0.2) is 36.5 Å². The molecule has 9 heteroatoms. The van der Waals surface area contributed by atoms with Gasteiger partial charge in [-0.3, -0.25) is 14.6 Å². The summed E-state index contributed by atoms with van der Waals surface area (Å²) < 4.78 is 10.7. The average Bonchev–Trinajstić information content (AvgIpc) is 3.25. The van der Waals surface area contributed by atoms with E-state index >= 15 is 0 Å². The molecule has 35 heavy (non-hydrogen) atoms. The summed E-state index contributed by atoms with van der Waals surface area (Å²) in [5, 5.41) is 43.2. The monoisotopic (exact) mass is 479 g/mol. The van der Waals surface area contributed by atoms with Crippen molar-refractivity contribution < 1.29 is 39.5 Å². The van der Waals surface area contributed by atoms with E-state index in [1.807, 2.05) is 0 Å². The van der Waals surface area contributed by atoms with Gasteiger partial charge in [-0.1, -0.05) is 12.1 Å². The van der Waals surface area contributed by atoms with Crippen LogP contribution in [0.5, 0.6) is 23.0 Å². The van der Waals surface area contributed by atoms with Gasteiger partial charge in [-0.05, 0) is 37.6 Å². The second-order valence-corrected chi connectivity index (χ2v) is 8.43. The molecule has 0 spiro atoms. The summed E-state index contributed by atoms with van der Waals surface area (Å²) >= 11 is 0. The molecule has 0 aliphatic carbocycles. The molecular formula is C26H25NO8. The number of carbonyl (C=O) groups excluding carboxylic acids is 2. The summed E-state index contributed by atoms with van der Waals surface area (Å²) in [5.41, 5.74) is 1.75. The summed E-state index contributed by atoms with van der Waals surface area (Å²) in [6, 6.07) is 7.34. The Morgan fingerprint density at radius 1 is 1.14 bits per heavy atom. The molecule has 0 unspecified atom stereocenters. The fourth-order valence-corrected chi connectivity index (χ4v) is 4.44. The Hall–Kier alpha value is -4.11. The second-order valence-electron chi connectivity index (χ2n) is 8.43. The zero-order valence-electron chi connectivity index (χ0n) is 19.4. The van der Waals surface area contributed by atoms with Crippen LogP contribution in [0.2, 0.25) is 0 Å². The second kappa shape index (κ2) is 9.27. The van der Waals surface area contributed by atoms with Crippen molar-refractivity contribution in [2.75, 3.05) is 7.11 Å². The van der Waals surface area contributed by atoms with E-state index in [4.69, 9.17) is 9.47 Å². The number of benzene rings is 2. The number of phenols is 3. The number of ether oxygens (including phenoxy) is 2. The largest absolute Gasteiger partial charge is 0.508 e. The van der Waals surface area contributed by atoms with Gasteiger partial charge in [0, 0.05) is 34.4 Å². The van der Waals surface area contributed by atoms with Gasteiger partial charge in [0.05, 0.1) is 31.4 Å². The third kappa shape index (κ3) is 4.26. The summed E-state index contributed by atoms with van der Waals surface area (Å²) in [4.78, 5) is 28.9. The molecule has 1 aliphatic rings. The fourth-order valence-electron chi connectivity index (χ4n) is 4.44. The molecule has 1 aromatic heterocycles. The highest BCUT2D eigenvalue weighted by Crippen LogP contribution is 2.50. The maximum absolute atomic E-state index is 12.5. The molecule has 0 saturated carbocycles. The predicted molar refractivity (Wildman–Crippen MR) is 124 cm³/mol. The van der Waals surface area contributed by atoms with Gasteiger partial charge in [0.15, 0.2) is 5.78 Å². The van der Waals surface area contributed by atoms with E-state index in [1.165, 1.54) is 32.2 Å². The summed E-state index contributed by atoms with van der Waals surface area (Å²) in [6.45, 7) is 3.00. The highest BCUT2D eigenvalue weighted by atomic mass is 16.5. The first-order chi connectivity index (χ1) is 16.6. The standard InChI is InChI=1S/C26H25NO8/c1-12-23(31)21-15(10-27-12)11-35-26(21)19-8-17(13(2)28)24(32)22(25(19)33)18(9-20(30)34-3)14-5-4-6-16(29)7-14/h4-8,10,18,26,29,31-33H,9,11H2,1-3H3/t18-,26-/m0/s1. The van der Waals surface area contributed by atoms with Crippen LogP contribution in [-0.4, -0.2) is 44.3 Å². The summed E-state index contributed by atoms with van der Waals surface area (Å²) in [7, 11) is 1.21. The number of esters is 1. The van der Waals surface area contributed by atoms with Gasteiger partial charge in [-0.15, -0.1) is 0 Å². The van der Waals surface area contributed by atoms with Crippen molar-refractivity contribution in [2.45, 2.75) is 38.9 Å². The molecule has 2 aromatic carbocycles. The number of methoxy groups -OCH3 is 1. The number of aromatic hydroxyl groups is 4. The number of carbonyl (C=O) groups is 2. The molecule has 0 amide bonds. The zero-order chi connectivity index (χ0) is 25.4. The van der Waals surface area contributed by atoms with Crippen molar-refractivity contribution in [1.82, 2.24) is 4.98 Å². The lowest BCUT2D eigenvalue weighted by Gasteiger charge is -2.24. The summed E-state index contributed by atoms with van der Waals surface area (Å²) in [5.74, 6) is -3.16. The Kier molecular flexibility index (Phi) is 6.36. The first-order valence-corrected chi connectivity index (χ1v) is 10.9. The van der Waals surface area contributed by atoms with Crippen molar-refractivity contribution in [1.29, 1.82) is 0 Å². The molecule has 4 rings (SSSR count). The minimum Gasteiger partial charge on any atom is -0.508 e. The Labute approximate surface area is 201 Å². The van der Waals surface area contributed by atoms with Gasteiger partial charge in [-0.25, -0.2) is 0 Å². The molecule has 0 bridgehead atoms. The van der Waals surface area contributed by atoms with Crippen LogP contribution in [0.3, 0.4) is 0 Å². The van der Waals surface area contributed by atoms with Crippen molar-refractivity contribution in [3.63, 3.8) is 0 Å². The Bertz CT molecular complexity index is 1330. The van der Waals surface area contributed by atoms with Gasteiger partial charge >= 0.3 is 5.97 Å². The number of hydrogen-bond donors (Lipinski definition) is 4. The highest BCUT2D eigenvalue weighted by molar-refractivity contribution is 5.98. The molecule has 1 aliphatic heterocycles. The topological polar surface area (TPSA) is 146 Å². The van der Waals surface area contributed by atoms with Crippen molar-refractivity contribution in [3.8, 4) is 23.0 Å². The maximum Gasteiger partial charge on any atom is 0.306 e. The van der Waals surface area contributed by atoms with Gasteiger partial charge < -0.3 is 29.9 Å². The minimum atomic E-state index is -0.971. The number of hydrogen-bond acceptors (Lipinski definition) is 9. The van der Waals surface area contributed by atoms with E-state index in [-0.39, 0.29) is 41.2 Å². The number of aryl methyl sites for hydroxylation is 1. The summed E-state index contributed by atoms with van der Waals surface area (Å²) in [6.07, 6.45) is 0.326. The number of fused-ring (bicyclic) bond motifs is 1. The van der Waals surface area contributed by atoms with Crippen LogP contribution in [-0.2, 0) is 20.9 Å². The smallest absolute Gasteiger partial charge is 0.306 e. The van der Waals surface area contributed by atoms with E-state index in [9.17, 15) is 30.0 Å². The third-order valence-electron chi connectivity index (χ3n) is 6.25. The molecule has 182 valence electrons. The molecule has 4 N–H and O–H groups in total. The number of nitrogens with zero attached hydrogens (tertiary/aromatic N) is 1. The number of ketones is 1. The number of pyridine rings is 1. The quantitative estimate of drug-likeness (QED) is 0.307. The van der Waals surface area contributed by atoms with Crippen LogP contribution in [0.1, 0.15) is 69.2 Å². The van der Waals surface area contributed by atoms with Crippen molar-refractivity contribution >= 4 is 11.8 Å². The molecular weight excluding hydrogens is 454 g/mol. The fraction of sp³-hybridized carbons (Fsp3) is 0.269. The van der Waals surface area contributed by atoms with E-state index in [1.54, 1.807) is 25.3 Å². The number of phenolic OH excluding ortho intramolecular Hbond substituents is 3. The molecule has 9 nitrogen and oxygen atoms in total. The molecule has 3 aromatic rings. The first kappa shape index (κ1) is 24.0. The lowest BCUT2D eigenvalue weighted by atomic mass is 9.83. The Balaban J connectivity index is 1.99. The van der Waals surface area contributed by atoms with E-state index < -0.39 is 35.3 Å². The number of Topliss-reactive ketones (excluding diaryl/α,β-unsaturated/α-hetero) is 1. The van der Waals surface area contributed by atoms with Crippen LogP contribution < -0.4 is 0 Å². The van der Waals surface area contributed by atoms with E-state index in [0.29, 0.717) is 22.4 Å². The molecule has 0 fully saturated rings.